The van der Waals surface area contributed by atoms with Crippen LogP contribution in [0.1, 0.15) is 30.0 Å². The number of hydrogen-bond acceptors (Lipinski definition) is 5. The van der Waals surface area contributed by atoms with E-state index in [9.17, 15) is 5.11 Å². The van der Waals surface area contributed by atoms with Crippen LogP contribution in [0.25, 0.3) is 0 Å². The van der Waals surface area contributed by atoms with Gasteiger partial charge in [0.25, 0.3) is 0 Å². The van der Waals surface area contributed by atoms with Gasteiger partial charge >= 0.3 is 0 Å². The fourth-order valence-electron chi connectivity index (χ4n) is 2.60. The van der Waals surface area contributed by atoms with Crippen LogP contribution in [0.15, 0.2) is 30.3 Å². The molecule has 1 aromatic heterocycles. The first-order valence-electron chi connectivity index (χ1n) is 7.41. The van der Waals surface area contributed by atoms with Gasteiger partial charge in [-0.2, -0.15) is 4.98 Å². The minimum Gasteiger partial charge on any atom is -0.393 e. The normalized spacial score (nSPS) is 20.5. The third-order valence-electron chi connectivity index (χ3n) is 3.93. The second-order valence-electron chi connectivity index (χ2n) is 5.66. The summed E-state index contributed by atoms with van der Waals surface area (Å²) < 4.78 is 0. The molecular formula is C16H19ClN4O. The number of nitrogen functional groups attached to an aromatic ring is 1. The molecule has 0 unspecified atom stereocenters. The van der Waals surface area contributed by atoms with Crippen molar-refractivity contribution in [3.8, 4) is 0 Å². The Kier molecular flexibility index (Phi) is 4.45. The first-order valence-corrected chi connectivity index (χ1v) is 7.79. The Balaban J connectivity index is 1.59. The van der Waals surface area contributed by atoms with E-state index in [4.69, 9.17) is 17.3 Å². The molecule has 0 amide bonds. The molecule has 1 aliphatic rings. The van der Waals surface area contributed by atoms with Crippen LogP contribution in [0, 0.1) is 0 Å². The minimum absolute atomic E-state index is 0.206. The lowest BCUT2D eigenvalue weighted by Gasteiger charge is -2.30. The lowest BCUT2D eigenvalue weighted by atomic mass is 9.80. The maximum absolute atomic E-state index is 9.41. The summed E-state index contributed by atoms with van der Waals surface area (Å²) >= 11 is 5.87. The van der Waals surface area contributed by atoms with E-state index < -0.39 is 0 Å². The lowest BCUT2D eigenvalue weighted by molar-refractivity contribution is 0.0732. The monoisotopic (exact) mass is 318 g/mol. The van der Waals surface area contributed by atoms with E-state index in [1.165, 1.54) is 5.56 Å². The number of aliphatic hydroxyl groups is 1. The van der Waals surface area contributed by atoms with Gasteiger partial charge in [0.1, 0.15) is 5.82 Å². The summed E-state index contributed by atoms with van der Waals surface area (Å²) in [6, 6.07) is 9.73. The van der Waals surface area contributed by atoms with E-state index in [1.807, 2.05) is 30.3 Å². The van der Waals surface area contributed by atoms with Crippen LogP contribution in [-0.4, -0.2) is 27.7 Å². The van der Waals surface area contributed by atoms with Gasteiger partial charge in [0, 0.05) is 23.6 Å². The number of anilines is 2. The molecule has 1 aliphatic carbocycles. The number of rotatable bonds is 5. The molecule has 0 aliphatic heterocycles. The number of aromatic nitrogens is 2. The Hall–Kier alpha value is -1.85. The van der Waals surface area contributed by atoms with E-state index in [-0.39, 0.29) is 18.0 Å². The minimum atomic E-state index is -0.206. The summed E-state index contributed by atoms with van der Waals surface area (Å²) in [7, 11) is 0. The van der Waals surface area contributed by atoms with E-state index in [0.29, 0.717) is 0 Å². The van der Waals surface area contributed by atoms with Crippen molar-refractivity contribution in [2.45, 2.75) is 31.3 Å². The average molecular weight is 319 g/mol. The average Bonchev–Trinajstić information content (AvgIpc) is 2.45. The van der Waals surface area contributed by atoms with E-state index in [1.54, 1.807) is 0 Å². The SMILES string of the molecule is Nc1nc(NCCc2ccc(Cl)cc2)cc(C2CC(O)C2)n1. The third kappa shape index (κ3) is 3.67. The number of benzene rings is 1. The first-order chi connectivity index (χ1) is 10.6. The Bertz CT molecular complexity index is 641. The Morgan fingerprint density at radius 2 is 1.95 bits per heavy atom. The molecule has 1 aromatic carbocycles. The fraction of sp³-hybridized carbons (Fsp3) is 0.375. The third-order valence-corrected chi connectivity index (χ3v) is 4.18. The number of aliphatic hydroxyl groups excluding tert-OH is 1. The molecule has 0 atom stereocenters. The van der Waals surface area contributed by atoms with Gasteiger partial charge in [-0.05, 0) is 37.0 Å². The van der Waals surface area contributed by atoms with Crippen molar-refractivity contribution < 1.29 is 5.11 Å². The standard InChI is InChI=1S/C16H19ClN4O/c17-12-3-1-10(2-4-12)5-6-19-15-9-14(20-16(18)21-15)11-7-13(22)8-11/h1-4,9,11,13,22H,5-8H2,(H3,18,19,20,21). The van der Waals surface area contributed by atoms with Crippen LogP contribution in [0.3, 0.4) is 0 Å². The molecule has 1 fully saturated rings. The van der Waals surface area contributed by atoms with Crippen molar-refractivity contribution in [3.63, 3.8) is 0 Å². The topological polar surface area (TPSA) is 84.1 Å². The smallest absolute Gasteiger partial charge is 0.222 e. The van der Waals surface area contributed by atoms with Gasteiger partial charge in [0.2, 0.25) is 5.95 Å². The van der Waals surface area contributed by atoms with Gasteiger partial charge in [-0.1, -0.05) is 23.7 Å². The zero-order valence-corrected chi connectivity index (χ0v) is 12.9. The molecule has 0 spiro atoms. The van der Waals surface area contributed by atoms with E-state index in [2.05, 4.69) is 15.3 Å². The van der Waals surface area contributed by atoms with Gasteiger partial charge in [-0.15, -0.1) is 0 Å². The summed E-state index contributed by atoms with van der Waals surface area (Å²) in [5.41, 5.74) is 7.89. The number of nitrogens with zero attached hydrogens (tertiary/aromatic N) is 2. The highest BCUT2D eigenvalue weighted by Gasteiger charge is 2.30. The molecule has 6 heteroatoms. The Labute approximate surface area is 134 Å². The molecule has 116 valence electrons. The molecule has 0 radical (unpaired) electrons. The lowest BCUT2D eigenvalue weighted by Crippen LogP contribution is -2.27. The predicted octanol–water partition coefficient (Wildman–Crippen LogP) is 2.61. The first kappa shape index (κ1) is 15.1. The number of nitrogens with one attached hydrogen (secondary N) is 1. The van der Waals surface area contributed by atoms with Crippen LogP contribution in [0.4, 0.5) is 11.8 Å². The largest absolute Gasteiger partial charge is 0.393 e. The number of hydrogen-bond donors (Lipinski definition) is 3. The zero-order valence-electron chi connectivity index (χ0n) is 12.2. The van der Waals surface area contributed by atoms with Gasteiger partial charge in [-0.3, -0.25) is 0 Å². The Morgan fingerprint density at radius 3 is 2.64 bits per heavy atom. The van der Waals surface area contributed by atoms with Crippen molar-refractivity contribution in [2.75, 3.05) is 17.6 Å². The Morgan fingerprint density at radius 1 is 1.23 bits per heavy atom. The summed E-state index contributed by atoms with van der Waals surface area (Å²) in [4.78, 5) is 8.48. The van der Waals surface area contributed by atoms with Gasteiger partial charge in [-0.25, -0.2) is 4.98 Å². The zero-order chi connectivity index (χ0) is 15.5. The molecule has 3 rings (SSSR count). The molecule has 1 saturated carbocycles. The molecule has 22 heavy (non-hydrogen) atoms. The molecular weight excluding hydrogens is 300 g/mol. The second kappa shape index (κ2) is 6.50. The molecule has 1 heterocycles. The summed E-state index contributed by atoms with van der Waals surface area (Å²) in [5, 5.41) is 13.4. The highest BCUT2D eigenvalue weighted by Crippen LogP contribution is 2.36. The maximum atomic E-state index is 9.41. The van der Waals surface area contributed by atoms with Crippen molar-refractivity contribution in [1.29, 1.82) is 0 Å². The van der Waals surface area contributed by atoms with Crippen molar-refractivity contribution in [1.82, 2.24) is 9.97 Å². The highest BCUT2D eigenvalue weighted by atomic mass is 35.5. The number of nitrogens with two attached hydrogens (primary N) is 1. The van der Waals surface area contributed by atoms with E-state index >= 15 is 0 Å². The molecule has 0 bridgehead atoms. The van der Waals surface area contributed by atoms with Crippen LogP contribution in [-0.2, 0) is 6.42 Å². The molecule has 2 aromatic rings. The van der Waals surface area contributed by atoms with Gasteiger partial charge < -0.3 is 16.2 Å². The van der Waals surface area contributed by atoms with Gasteiger partial charge in [0.15, 0.2) is 0 Å². The predicted molar refractivity (Wildman–Crippen MR) is 88.1 cm³/mol. The van der Waals surface area contributed by atoms with Crippen LogP contribution in [0.2, 0.25) is 5.02 Å². The summed E-state index contributed by atoms with van der Waals surface area (Å²) in [6.07, 6.45) is 2.17. The summed E-state index contributed by atoms with van der Waals surface area (Å²) in [6.45, 7) is 0.755. The van der Waals surface area contributed by atoms with Crippen molar-refractivity contribution in [2.24, 2.45) is 0 Å². The fourth-order valence-corrected chi connectivity index (χ4v) is 2.73. The molecule has 5 nitrogen and oxygen atoms in total. The van der Waals surface area contributed by atoms with Crippen molar-refractivity contribution >= 4 is 23.4 Å². The number of halogens is 1. The molecule has 0 saturated heterocycles. The second-order valence-corrected chi connectivity index (χ2v) is 6.10. The van der Waals surface area contributed by atoms with E-state index in [0.717, 1.165) is 42.3 Å². The highest BCUT2D eigenvalue weighted by molar-refractivity contribution is 6.30. The summed E-state index contributed by atoms with van der Waals surface area (Å²) in [5.74, 6) is 1.29. The molecule has 4 N–H and O–H groups in total. The quantitative estimate of drug-likeness (QED) is 0.789. The van der Waals surface area contributed by atoms with Crippen molar-refractivity contribution in [3.05, 3.63) is 46.6 Å². The van der Waals surface area contributed by atoms with Gasteiger partial charge in [0.05, 0.1) is 11.8 Å². The van der Waals surface area contributed by atoms with Crippen LogP contribution < -0.4 is 11.1 Å². The van der Waals surface area contributed by atoms with Crippen LogP contribution >= 0.6 is 11.6 Å². The van der Waals surface area contributed by atoms with Crippen LogP contribution in [0.5, 0.6) is 0 Å². The maximum Gasteiger partial charge on any atom is 0.222 e.